The molecule has 0 spiro atoms. The van der Waals surface area contributed by atoms with E-state index in [0.29, 0.717) is 5.89 Å². The monoisotopic (exact) mass is 426 g/mol. The Morgan fingerprint density at radius 1 is 0.800 bits per heavy atom. The molecule has 0 atom stereocenters. The van der Waals surface area contributed by atoms with E-state index < -0.39 is 0 Å². The minimum absolute atomic E-state index is 0. The van der Waals surface area contributed by atoms with Crippen molar-refractivity contribution in [3.05, 3.63) is 48.7 Å². The van der Waals surface area contributed by atoms with Crippen LogP contribution in [0.4, 0.5) is 0 Å². The number of oxazole rings is 1. The predicted molar refractivity (Wildman–Crippen MR) is 57.2 cm³/mol. The van der Waals surface area contributed by atoms with E-state index in [-0.39, 0.29) is 75.8 Å². The number of para-hydroxylation sites is 2. The molecule has 8 heteroatoms. The third-order valence-electron chi connectivity index (χ3n) is 2.18. The molecule has 3 nitrogen and oxygen atoms in total. The van der Waals surface area contributed by atoms with Gasteiger partial charge in [-0.2, -0.15) is 0 Å². The second-order valence-corrected chi connectivity index (χ2v) is 3.20. The summed E-state index contributed by atoms with van der Waals surface area (Å²) < 4.78 is 5.58. The maximum atomic E-state index is 5.58. The molecule has 104 valence electrons. The topological polar surface area (TPSA) is 38.9 Å². The van der Waals surface area contributed by atoms with Gasteiger partial charge in [-0.15, -0.1) is 0 Å². The van der Waals surface area contributed by atoms with Crippen molar-refractivity contribution >= 4 is 11.1 Å². The molecule has 0 fully saturated rings. The van der Waals surface area contributed by atoms with Crippen molar-refractivity contribution in [1.29, 1.82) is 0 Å². The standard InChI is InChI=1S/C12H8N2O.4ClH.Zr/c1-2-7-11-9(5-1)14-12(15-11)10-6-3-4-8-13-10;;;;;/h1-8H;4*1H;/q;;;;;+4/p-4. The zero-order valence-corrected chi connectivity index (χ0v) is 15.4. The smallest absolute Gasteiger partial charge is 1.00 e. The normalized spacial score (nSPS) is 8.00. The summed E-state index contributed by atoms with van der Waals surface area (Å²) in [5.41, 5.74) is 2.41. The van der Waals surface area contributed by atoms with E-state index in [2.05, 4.69) is 9.97 Å². The molecular weight excluding hydrogens is 421 g/mol. The van der Waals surface area contributed by atoms with Gasteiger partial charge in [0.1, 0.15) is 11.2 Å². The van der Waals surface area contributed by atoms with Crippen molar-refractivity contribution in [3.63, 3.8) is 0 Å². The van der Waals surface area contributed by atoms with Gasteiger partial charge in [-0.1, -0.05) is 18.2 Å². The molecule has 0 bridgehead atoms. The Labute approximate surface area is 160 Å². The van der Waals surface area contributed by atoms with Crippen molar-refractivity contribution in [3.8, 4) is 11.6 Å². The largest absolute Gasteiger partial charge is 4.00 e. The zero-order valence-electron chi connectivity index (χ0n) is 9.93. The van der Waals surface area contributed by atoms with Gasteiger partial charge in [0.25, 0.3) is 0 Å². The summed E-state index contributed by atoms with van der Waals surface area (Å²) in [7, 11) is 0. The van der Waals surface area contributed by atoms with Gasteiger partial charge in [-0.25, -0.2) is 4.98 Å². The molecule has 2 aromatic heterocycles. The zero-order chi connectivity index (χ0) is 10.1. The van der Waals surface area contributed by atoms with Crippen LogP contribution in [0.2, 0.25) is 0 Å². The summed E-state index contributed by atoms with van der Waals surface area (Å²) in [4.78, 5) is 8.54. The molecule has 1 aromatic carbocycles. The van der Waals surface area contributed by atoms with E-state index in [1.165, 1.54) is 0 Å². The van der Waals surface area contributed by atoms with Crippen LogP contribution in [-0.2, 0) is 26.2 Å². The molecule has 3 rings (SSSR count). The van der Waals surface area contributed by atoms with E-state index in [4.69, 9.17) is 4.42 Å². The van der Waals surface area contributed by atoms with Gasteiger partial charge in [0.15, 0.2) is 5.58 Å². The average molecular weight is 429 g/mol. The first-order valence-corrected chi connectivity index (χ1v) is 4.70. The third-order valence-corrected chi connectivity index (χ3v) is 2.18. The molecule has 0 aliphatic carbocycles. The molecular formula is C12H8Cl4N2OZr. The van der Waals surface area contributed by atoms with Crippen molar-refractivity contribution in [2.24, 2.45) is 0 Å². The van der Waals surface area contributed by atoms with Crippen LogP contribution in [0.15, 0.2) is 53.1 Å². The number of benzene rings is 1. The summed E-state index contributed by atoms with van der Waals surface area (Å²) in [6.07, 6.45) is 1.73. The van der Waals surface area contributed by atoms with Gasteiger partial charge in [-0.3, -0.25) is 4.98 Å². The van der Waals surface area contributed by atoms with Crippen LogP contribution in [0.1, 0.15) is 0 Å². The number of hydrogen-bond acceptors (Lipinski definition) is 3. The number of hydrogen-bond donors (Lipinski definition) is 0. The predicted octanol–water partition coefficient (Wildman–Crippen LogP) is -9.10. The molecule has 0 N–H and O–H groups in total. The second-order valence-electron chi connectivity index (χ2n) is 3.20. The Balaban J connectivity index is -0.000000578. The fourth-order valence-corrected chi connectivity index (χ4v) is 1.47. The number of pyridine rings is 1. The van der Waals surface area contributed by atoms with Crippen molar-refractivity contribution in [2.45, 2.75) is 0 Å². The molecule has 0 amide bonds. The molecule has 0 radical (unpaired) electrons. The molecule has 3 aromatic rings. The summed E-state index contributed by atoms with van der Waals surface area (Å²) in [5.74, 6) is 0.566. The van der Waals surface area contributed by atoms with Gasteiger partial charge in [0.05, 0.1) is 0 Å². The van der Waals surface area contributed by atoms with Crippen molar-refractivity contribution < 1.29 is 80.2 Å². The fourth-order valence-electron chi connectivity index (χ4n) is 1.47. The van der Waals surface area contributed by atoms with Crippen LogP contribution in [0.25, 0.3) is 22.7 Å². The van der Waals surface area contributed by atoms with Gasteiger partial charge in [0, 0.05) is 6.20 Å². The maximum Gasteiger partial charge on any atom is 4.00 e. The van der Waals surface area contributed by atoms with E-state index in [9.17, 15) is 0 Å². The first-order valence-electron chi connectivity index (χ1n) is 4.70. The minimum atomic E-state index is 0. The summed E-state index contributed by atoms with van der Waals surface area (Å²) in [5, 5.41) is 0. The van der Waals surface area contributed by atoms with Crippen LogP contribution in [0, 0.1) is 0 Å². The van der Waals surface area contributed by atoms with E-state index in [0.717, 1.165) is 16.8 Å². The van der Waals surface area contributed by atoms with Gasteiger partial charge >= 0.3 is 26.2 Å². The fraction of sp³-hybridized carbons (Fsp3) is 0. The molecule has 20 heavy (non-hydrogen) atoms. The van der Waals surface area contributed by atoms with E-state index >= 15 is 0 Å². The van der Waals surface area contributed by atoms with Crippen LogP contribution >= 0.6 is 0 Å². The van der Waals surface area contributed by atoms with Crippen LogP contribution < -0.4 is 49.6 Å². The van der Waals surface area contributed by atoms with Gasteiger partial charge in [-0.05, 0) is 24.3 Å². The molecule has 0 aliphatic rings. The Morgan fingerprint density at radius 2 is 1.45 bits per heavy atom. The first-order chi connectivity index (χ1) is 7.43. The molecule has 0 saturated heterocycles. The third kappa shape index (κ3) is 5.34. The number of aromatic nitrogens is 2. The summed E-state index contributed by atoms with van der Waals surface area (Å²) >= 11 is 0. The van der Waals surface area contributed by atoms with Crippen molar-refractivity contribution in [1.82, 2.24) is 9.97 Å². The number of halogens is 4. The van der Waals surface area contributed by atoms with Gasteiger partial charge < -0.3 is 54.0 Å². The first kappa shape index (κ1) is 24.9. The molecule has 0 unspecified atom stereocenters. The molecule has 2 heterocycles. The van der Waals surface area contributed by atoms with Crippen LogP contribution in [0.5, 0.6) is 0 Å². The SMILES string of the molecule is [Cl-].[Cl-].[Cl-].[Cl-].[Zr+4].c1ccc(-c2nc3ccccc3o2)nc1. The second kappa shape index (κ2) is 11.5. The minimum Gasteiger partial charge on any atom is -1.00 e. The van der Waals surface area contributed by atoms with Gasteiger partial charge in [0.2, 0.25) is 5.89 Å². The average Bonchev–Trinajstić information content (AvgIpc) is 2.74. The summed E-state index contributed by atoms with van der Waals surface area (Å²) in [6, 6.07) is 13.3. The Morgan fingerprint density at radius 3 is 2.05 bits per heavy atom. The quantitative estimate of drug-likeness (QED) is 0.386. The van der Waals surface area contributed by atoms with Crippen molar-refractivity contribution in [2.75, 3.05) is 0 Å². The number of nitrogens with zero attached hydrogens (tertiary/aromatic N) is 2. The molecule has 0 aliphatic heterocycles. The van der Waals surface area contributed by atoms with Crippen LogP contribution in [-0.4, -0.2) is 9.97 Å². The maximum absolute atomic E-state index is 5.58. The van der Waals surface area contributed by atoms with E-state index in [1.807, 2.05) is 42.5 Å². The Bertz CT molecular complexity index is 573. The number of fused-ring (bicyclic) bond motifs is 1. The van der Waals surface area contributed by atoms with E-state index in [1.54, 1.807) is 6.20 Å². The molecule has 0 saturated carbocycles. The Hall–Kier alpha value is -0.117. The Kier molecular flexibility index (Phi) is 14.3. The number of rotatable bonds is 1. The summed E-state index contributed by atoms with van der Waals surface area (Å²) in [6.45, 7) is 0. The van der Waals surface area contributed by atoms with Crippen LogP contribution in [0.3, 0.4) is 0 Å².